The predicted molar refractivity (Wildman–Crippen MR) is 158 cm³/mol. The van der Waals surface area contributed by atoms with Crippen molar-refractivity contribution in [2.24, 2.45) is 17.6 Å². The van der Waals surface area contributed by atoms with Crippen molar-refractivity contribution < 1.29 is 19.1 Å². The van der Waals surface area contributed by atoms with E-state index in [1.165, 1.54) is 32.1 Å². The van der Waals surface area contributed by atoms with Gasteiger partial charge in [0.2, 0.25) is 5.95 Å². The normalized spacial score (nSPS) is 13.9. The molecule has 0 fully saturated rings. The second-order valence-corrected chi connectivity index (χ2v) is 10.7. The number of nitrogen functional groups attached to an aromatic ring is 1. The quantitative estimate of drug-likeness (QED) is 0.117. The molecule has 2 rings (SSSR count). The number of fused-ring (bicyclic) bond motifs is 1. The standard InChI is InChI=1S/C30H50N6O4/c1-4-6-7-8-9-10-11-12-13-14-15-16-26(37)40-21-24(17-18-39-29(38)27(31)23(3)5-2)20-36-22-34-25-19-33-30(32)35-28(25)36/h8-9,19,22-24,27H,4-7,10-18,20-21,31H2,1-3H3,(H2,32,33,35)/b9-8+. The van der Waals surface area contributed by atoms with Crippen molar-refractivity contribution in [3.8, 4) is 0 Å². The van der Waals surface area contributed by atoms with Gasteiger partial charge in [-0.3, -0.25) is 9.59 Å². The third-order valence-electron chi connectivity index (χ3n) is 7.25. The number of imidazole rings is 1. The molecule has 0 aliphatic rings. The van der Waals surface area contributed by atoms with Crippen molar-refractivity contribution in [2.75, 3.05) is 18.9 Å². The van der Waals surface area contributed by atoms with Crippen LogP contribution in [0.3, 0.4) is 0 Å². The number of esters is 2. The maximum absolute atomic E-state index is 12.5. The van der Waals surface area contributed by atoms with E-state index in [9.17, 15) is 9.59 Å². The van der Waals surface area contributed by atoms with Gasteiger partial charge in [-0.1, -0.05) is 71.4 Å². The van der Waals surface area contributed by atoms with Crippen molar-refractivity contribution in [1.29, 1.82) is 0 Å². The van der Waals surface area contributed by atoms with Crippen molar-refractivity contribution in [1.82, 2.24) is 19.5 Å². The lowest BCUT2D eigenvalue weighted by atomic mass is 10.0. The summed E-state index contributed by atoms with van der Waals surface area (Å²) in [5.41, 5.74) is 13.0. The smallest absolute Gasteiger partial charge is 0.323 e. The summed E-state index contributed by atoms with van der Waals surface area (Å²) in [5, 5.41) is 0. The lowest BCUT2D eigenvalue weighted by Gasteiger charge is -2.20. The van der Waals surface area contributed by atoms with Crippen LogP contribution in [0, 0.1) is 11.8 Å². The predicted octanol–water partition coefficient (Wildman–Crippen LogP) is 5.35. The van der Waals surface area contributed by atoms with Gasteiger partial charge in [0.05, 0.1) is 25.7 Å². The fourth-order valence-corrected chi connectivity index (χ4v) is 4.32. The van der Waals surface area contributed by atoms with E-state index in [2.05, 4.69) is 34.0 Å². The van der Waals surface area contributed by atoms with Crippen LogP contribution in [-0.4, -0.2) is 50.7 Å². The third-order valence-corrected chi connectivity index (χ3v) is 7.25. The first-order valence-electron chi connectivity index (χ1n) is 15.0. The van der Waals surface area contributed by atoms with Crippen LogP contribution in [0.25, 0.3) is 11.2 Å². The van der Waals surface area contributed by atoms with E-state index >= 15 is 0 Å². The third kappa shape index (κ3) is 12.4. The molecule has 2 heterocycles. The number of aromatic nitrogens is 4. The highest BCUT2D eigenvalue weighted by atomic mass is 16.5. The number of nitrogens with zero attached hydrogens (tertiary/aromatic N) is 4. The van der Waals surface area contributed by atoms with E-state index in [4.69, 9.17) is 20.9 Å². The molecule has 0 aliphatic carbocycles. The summed E-state index contributed by atoms with van der Waals surface area (Å²) in [6.45, 7) is 6.99. The highest BCUT2D eigenvalue weighted by molar-refractivity contribution is 5.75. The van der Waals surface area contributed by atoms with Gasteiger partial charge in [0.1, 0.15) is 11.6 Å². The minimum absolute atomic E-state index is 0.0408. The maximum atomic E-state index is 12.5. The van der Waals surface area contributed by atoms with Gasteiger partial charge < -0.3 is 25.5 Å². The van der Waals surface area contributed by atoms with Crippen molar-refractivity contribution in [3.05, 3.63) is 24.7 Å². The Hall–Kier alpha value is -3.01. The maximum Gasteiger partial charge on any atom is 0.323 e. The van der Waals surface area contributed by atoms with Crippen LogP contribution < -0.4 is 11.5 Å². The van der Waals surface area contributed by atoms with E-state index < -0.39 is 12.0 Å². The van der Waals surface area contributed by atoms with E-state index in [1.54, 1.807) is 12.5 Å². The molecule has 10 nitrogen and oxygen atoms in total. The Kier molecular flexibility index (Phi) is 15.9. The molecular formula is C30H50N6O4. The number of hydrogen-bond donors (Lipinski definition) is 2. The molecule has 0 amide bonds. The van der Waals surface area contributed by atoms with Crippen molar-refractivity contribution >= 4 is 29.1 Å². The molecule has 10 heteroatoms. The van der Waals surface area contributed by atoms with Gasteiger partial charge in [-0.05, 0) is 38.0 Å². The van der Waals surface area contributed by atoms with E-state index in [1.807, 2.05) is 18.4 Å². The summed E-state index contributed by atoms with van der Waals surface area (Å²) in [4.78, 5) is 37.4. The second kappa shape index (κ2) is 19.1. The van der Waals surface area contributed by atoms with Gasteiger partial charge in [0.25, 0.3) is 0 Å². The summed E-state index contributed by atoms with van der Waals surface area (Å²) >= 11 is 0. The average molecular weight is 559 g/mol. The Morgan fingerprint density at radius 3 is 2.50 bits per heavy atom. The molecule has 0 saturated heterocycles. The summed E-state index contributed by atoms with van der Waals surface area (Å²) in [7, 11) is 0. The Bertz CT molecular complexity index is 1040. The van der Waals surface area contributed by atoms with Crippen molar-refractivity contribution in [2.45, 2.75) is 110 Å². The molecule has 224 valence electrons. The zero-order valence-corrected chi connectivity index (χ0v) is 24.7. The number of anilines is 1. The minimum Gasteiger partial charge on any atom is -0.465 e. The molecular weight excluding hydrogens is 508 g/mol. The fourth-order valence-electron chi connectivity index (χ4n) is 4.32. The molecule has 2 aromatic rings. The molecule has 0 saturated carbocycles. The minimum atomic E-state index is -0.652. The first kappa shape index (κ1) is 33.2. The van der Waals surface area contributed by atoms with Gasteiger partial charge >= 0.3 is 11.9 Å². The Morgan fingerprint density at radius 2 is 1.75 bits per heavy atom. The lowest BCUT2D eigenvalue weighted by molar-refractivity contribution is -0.149. The molecule has 2 aromatic heterocycles. The molecule has 0 radical (unpaired) electrons. The SMILES string of the molecule is CCCC/C=C/CCCCCCCC(=O)OCC(CCOC(=O)C(N)C(C)CC)Cn1cnc2cnc(N)nc21. The summed E-state index contributed by atoms with van der Waals surface area (Å²) in [5.74, 6) is -0.531. The van der Waals surface area contributed by atoms with Crippen LogP contribution in [0.2, 0.25) is 0 Å². The second-order valence-electron chi connectivity index (χ2n) is 10.7. The van der Waals surface area contributed by atoms with Gasteiger partial charge in [-0.2, -0.15) is 4.98 Å². The molecule has 40 heavy (non-hydrogen) atoms. The number of ether oxygens (including phenoxy) is 2. The molecule has 0 spiro atoms. The number of rotatable bonds is 21. The average Bonchev–Trinajstić information content (AvgIpc) is 3.34. The Morgan fingerprint density at radius 1 is 1.02 bits per heavy atom. The van der Waals surface area contributed by atoms with Crippen LogP contribution >= 0.6 is 0 Å². The topological polar surface area (TPSA) is 148 Å². The highest BCUT2D eigenvalue weighted by Gasteiger charge is 2.22. The summed E-state index contributed by atoms with van der Waals surface area (Å²) in [6, 6.07) is -0.652. The van der Waals surface area contributed by atoms with Crippen molar-refractivity contribution in [3.63, 3.8) is 0 Å². The summed E-state index contributed by atoms with van der Waals surface area (Å²) < 4.78 is 13.0. The Balaban J connectivity index is 1.79. The molecule has 0 bridgehead atoms. The monoisotopic (exact) mass is 558 g/mol. The largest absolute Gasteiger partial charge is 0.465 e. The molecule has 4 N–H and O–H groups in total. The Labute approximate surface area is 239 Å². The highest BCUT2D eigenvalue weighted by Crippen LogP contribution is 2.16. The molecule has 0 aliphatic heterocycles. The van der Waals surface area contributed by atoms with Crippen LogP contribution in [0.1, 0.15) is 97.8 Å². The van der Waals surface area contributed by atoms with Crippen LogP contribution in [0.5, 0.6) is 0 Å². The zero-order chi connectivity index (χ0) is 29.2. The van der Waals surface area contributed by atoms with Crippen LogP contribution in [0.15, 0.2) is 24.7 Å². The summed E-state index contributed by atoms with van der Waals surface area (Å²) in [6.07, 6.45) is 19.7. The number of carbonyl (C=O) groups is 2. The number of unbranched alkanes of at least 4 members (excludes halogenated alkanes) is 7. The molecule has 0 aromatic carbocycles. The fraction of sp³-hybridized carbons (Fsp3) is 0.700. The number of carbonyl (C=O) groups excluding carboxylic acids is 2. The zero-order valence-electron chi connectivity index (χ0n) is 24.7. The van der Waals surface area contributed by atoms with Gasteiger partial charge in [-0.25, -0.2) is 9.97 Å². The molecule has 3 unspecified atom stereocenters. The number of nitrogens with two attached hydrogens (primary N) is 2. The van der Waals surface area contributed by atoms with E-state index in [0.29, 0.717) is 30.6 Å². The number of hydrogen-bond acceptors (Lipinski definition) is 9. The van der Waals surface area contributed by atoms with Gasteiger partial charge in [0, 0.05) is 18.9 Å². The van der Waals surface area contributed by atoms with Gasteiger partial charge in [-0.15, -0.1) is 0 Å². The first-order chi connectivity index (χ1) is 19.3. The van der Waals surface area contributed by atoms with E-state index in [0.717, 1.165) is 32.1 Å². The lowest BCUT2D eigenvalue weighted by Crippen LogP contribution is -2.38. The van der Waals surface area contributed by atoms with Gasteiger partial charge in [0.15, 0.2) is 5.65 Å². The first-order valence-corrected chi connectivity index (χ1v) is 15.0. The molecule has 3 atom stereocenters. The van der Waals surface area contributed by atoms with Crippen LogP contribution in [0.4, 0.5) is 5.95 Å². The number of allylic oxidation sites excluding steroid dienone is 2. The van der Waals surface area contributed by atoms with Crippen LogP contribution in [-0.2, 0) is 25.6 Å². The van der Waals surface area contributed by atoms with E-state index in [-0.39, 0.29) is 37.0 Å².